The number of benzene rings is 2. The van der Waals surface area contributed by atoms with Gasteiger partial charge in [-0.1, -0.05) is 86.6 Å². The van der Waals surface area contributed by atoms with Gasteiger partial charge in [0.1, 0.15) is 72.9 Å². The number of esters is 1. The van der Waals surface area contributed by atoms with Crippen LogP contribution >= 0.6 is 24.8 Å². The monoisotopic (exact) mass is 1220 g/mol. The summed E-state index contributed by atoms with van der Waals surface area (Å²) in [5, 5.41) is 28.0. The molecule has 86 heavy (non-hydrogen) atoms. The Morgan fingerprint density at radius 3 is 1.43 bits per heavy atom. The van der Waals surface area contributed by atoms with Gasteiger partial charge in [-0.3, -0.25) is 0 Å². The molecule has 0 spiro atoms. The number of hydrogen-bond donors (Lipinski definition) is 7. The van der Waals surface area contributed by atoms with Gasteiger partial charge in [-0.25, -0.2) is 49.1 Å². The average Bonchev–Trinajstić information content (AvgIpc) is 3.15. The number of nitrogens with one attached hydrogen (secondary N) is 6. The van der Waals surface area contributed by atoms with Crippen molar-refractivity contribution in [1.29, 1.82) is 0 Å². The number of carboxylic acids is 1. The van der Waals surface area contributed by atoms with Crippen LogP contribution in [-0.2, 0) is 62.7 Å². The molecule has 2 amide bonds. The van der Waals surface area contributed by atoms with Crippen molar-refractivity contribution in [2.24, 2.45) is 0 Å². The van der Waals surface area contributed by atoms with Crippen molar-refractivity contribution in [2.45, 2.75) is 122 Å². The minimum absolute atomic E-state index is 0. The number of fused-ring (bicyclic) bond motifs is 2. The van der Waals surface area contributed by atoms with Crippen LogP contribution in [0.25, 0.3) is 0 Å². The van der Waals surface area contributed by atoms with E-state index in [1.54, 1.807) is 13.3 Å². The third-order valence-electron chi connectivity index (χ3n) is 15.6. The van der Waals surface area contributed by atoms with Crippen LogP contribution in [0.3, 0.4) is 0 Å². The lowest BCUT2D eigenvalue weighted by Crippen LogP contribution is -2.46. The number of alkyl carbamates (subject to hydrolysis) is 2. The summed E-state index contributed by atoms with van der Waals surface area (Å²) in [5.74, 6) is 4.11. The number of rotatable bonds is 21. The number of amides is 2. The van der Waals surface area contributed by atoms with Gasteiger partial charge >= 0.3 is 24.1 Å². The summed E-state index contributed by atoms with van der Waals surface area (Å²) in [6.45, 7) is 11.6. The number of aromatic nitrogens is 6. The number of pyridine rings is 2. The van der Waals surface area contributed by atoms with Gasteiger partial charge in [0.25, 0.3) is 0 Å². The third kappa shape index (κ3) is 17.7. The first-order chi connectivity index (χ1) is 41.1. The lowest BCUT2D eigenvalue weighted by Gasteiger charge is -2.34. The van der Waals surface area contributed by atoms with Crippen LogP contribution in [-0.4, -0.2) is 130 Å². The molecule has 6 aromatic rings. The highest BCUT2D eigenvalue weighted by molar-refractivity contribution is 5.86. The molecule has 22 nitrogen and oxygen atoms in total. The van der Waals surface area contributed by atoms with E-state index in [-0.39, 0.29) is 57.7 Å². The number of halogens is 2. The number of carbonyl (C=O) groups excluding carboxylic acids is 3. The lowest BCUT2D eigenvalue weighted by atomic mass is 9.92. The van der Waals surface area contributed by atoms with Crippen molar-refractivity contribution in [3.05, 3.63) is 142 Å². The quantitative estimate of drug-likeness (QED) is 0.0261. The fraction of sp³-hybridized carbons (Fsp3) is 0.452. The highest BCUT2D eigenvalue weighted by atomic mass is 35.5. The molecule has 2 fully saturated rings. The Morgan fingerprint density at radius 1 is 0.581 bits per heavy atom. The molecule has 2 aromatic carbocycles. The van der Waals surface area contributed by atoms with Gasteiger partial charge in [0, 0.05) is 86.7 Å². The van der Waals surface area contributed by atoms with Crippen molar-refractivity contribution in [1.82, 2.24) is 40.5 Å². The van der Waals surface area contributed by atoms with Crippen molar-refractivity contribution >= 4 is 83.8 Å². The summed E-state index contributed by atoms with van der Waals surface area (Å²) in [6, 6.07) is 25.2. The first-order valence-corrected chi connectivity index (χ1v) is 29.5. The minimum atomic E-state index is -1.20. The molecule has 0 radical (unpaired) electrons. The van der Waals surface area contributed by atoms with E-state index in [4.69, 9.17) is 24.2 Å². The molecule has 0 unspecified atom stereocenters. The van der Waals surface area contributed by atoms with Gasteiger partial charge in [-0.2, -0.15) is 0 Å². The van der Waals surface area contributed by atoms with Crippen LogP contribution in [0.15, 0.2) is 97.6 Å². The largest absolute Gasteiger partial charge is 0.480 e. The van der Waals surface area contributed by atoms with E-state index in [0.29, 0.717) is 36.3 Å². The van der Waals surface area contributed by atoms with E-state index in [1.165, 1.54) is 17.5 Å². The second-order valence-corrected chi connectivity index (χ2v) is 21.2. The summed E-state index contributed by atoms with van der Waals surface area (Å²) in [6.07, 6.45) is 11.3. The average molecular weight is 1220 g/mol. The van der Waals surface area contributed by atoms with Crippen LogP contribution in [0.5, 0.6) is 0 Å². The zero-order valence-electron chi connectivity index (χ0n) is 49.1. The van der Waals surface area contributed by atoms with Crippen molar-refractivity contribution in [3.8, 4) is 0 Å². The number of carbonyl (C=O) groups is 4. The third-order valence-corrected chi connectivity index (χ3v) is 15.6. The molecule has 460 valence electrons. The number of piperidine rings is 2. The van der Waals surface area contributed by atoms with Gasteiger partial charge in [-0.05, 0) is 106 Å². The number of aryl methyl sites for hydroxylation is 2. The Bertz CT molecular complexity index is 3160. The Morgan fingerprint density at radius 2 is 1.01 bits per heavy atom. The van der Waals surface area contributed by atoms with Gasteiger partial charge in [0.2, 0.25) is 0 Å². The SMILES string of the molecule is CCOC(=O)[C@H](CNc1ncnc(N2CCC(c3ccc4c(n3)NCCC4)CC2)c1CC)NC(=O)OCc1ccccc1.CCc1c(NC[C@H](NC(=O)OCc2ccccc2)C(=O)O)ncnc1N1CCC(c2ccc3c(n2)NCCC3)CC1.Cl.Cl. The predicted molar refractivity (Wildman–Crippen MR) is 336 cm³/mol. The maximum Gasteiger partial charge on any atom is 0.408 e. The zero-order chi connectivity index (χ0) is 58.6. The molecule has 4 aromatic heterocycles. The van der Waals surface area contributed by atoms with Gasteiger partial charge in [0.05, 0.1) is 6.61 Å². The fourth-order valence-electron chi connectivity index (χ4n) is 11.1. The number of anilines is 6. The summed E-state index contributed by atoms with van der Waals surface area (Å²) < 4.78 is 15.7. The van der Waals surface area contributed by atoms with Gasteiger partial charge in [-0.15, -0.1) is 24.8 Å². The van der Waals surface area contributed by atoms with E-state index in [2.05, 4.69) is 92.8 Å². The number of ether oxygens (including phenoxy) is 3. The Labute approximate surface area is 515 Å². The van der Waals surface area contributed by atoms with E-state index >= 15 is 0 Å². The molecule has 8 heterocycles. The Balaban J connectivity index is 0.000000241. The highest BCUT2D eigenvalue weighted by Gasteiger charge is 2.30. The zero-order valence-corrected chi connectivity index (χ0v) is 50.7. The molecular formula is C62H80Cl2N14O8. The molecule has 2 saturated heterocycles. The summed E-state index contributed by atoms with van der Waals surface area (Å²) in [5.41, 5.74) is 8.46. The van der Waals surface area contributed by atoms with Crippen molar-refractivity contribution in [3.63, 3.8) is 0 Å². The Hall–Kier alpha value is -8.24. The highest BCUT2D eigenvalue weighted by Crippen LogP contribution is 2.35. The van der Waals surface area contributed by atoms with E-state index < -0.39 is 36.2 Å². The fourth-order valence-corrected chi connectivity index (χ4v) is 11.1. The minimum Gasteiger partial charge on any atom is -0.480 e. The molecule has 10 rings (SSSR count). The summed E-state index contributed by atoms with van der Waals surface area (Å²) in [7, 11) is 0. The lowest BCUT2D eigenvalue weighted by molar-refractivity contribution is -0.145. The molecule has 4 aliphatic rings. The van der Waals surface area contributed by atoms with Crippen molar-refractivity contribution < 1.29 is 38.5 Å². The molecule has 0 saturated carbocycles. The van der Waals surface area contributed by atoms with Crippen LogP contribution in [0, 0.1) is 0 Å². The topological polar surface area (TPSA) is 272 Å². The molecule has 0 bridgehead atoms. The Kier molecular flexibility index (Phi) is 25.0. The number of hydrogen-bond acceptors (Lipinski definition) is 19. The van der Waals surface area contributed by atoms with Crippen LogP contribution < -0.4 is 41.7 Å². The molecule has 4 aliphatic heterocycles. The second kappa shape index (κ2) is 32.9. The van der Waals surface area contributed by atoms with Crippen LogP contribution in [0.4, 0.5) is 44.5 Å². The number of nitrogens with zero attached hydrogens (tertiary/aromatic N) is 8. The maximum atomic E-state index is 12.7. The second-order valence-electron chi connectivity index (χ2n) is 21.2. The molecule has 24 heteroatoms. The van der Waals surface area contributed by atoms with Gasteiger partial charge in [0.15, 0.2) is 0 Å². The first kappa shape index (κ1) is 65.3. The van der Waals surface area contributed by atoms with Crippen LogP contribution in [0.2, 0.25) is 0 Å². The predicted octanol–water partition coefficient (Wildman–Crippen LogP) is 9.26. The molecular weight excluding hydrogens is 1140 g/mol. The van der Waals surface area contributed by atoms with Gasteiger partial charge < -0.3 is 61.0 Å². The molecule has 0 aliphatic carbocycles. The maximum absolute atomic E-state index is 12.7. The normalized spacial score (nSPS) is 15.3. The van der Waals surface area contributed by atoms with E-state index in [9.17, 15) is 24.3 Å². The summed E-state index contributed by atoms with van der Waals surface area (Å²) in [4.78, 5) is 81.9. The smallest absolute Gasteiger partial charge is 0.408 e. The first-order valence-electron chi connectivity index (χ1n) is 29.5. The van der Waals surface area contributed by atoms with Crippen molar-refractivity contribution in [2.75, 3.05) is 90.0 Å². The van der Waals surface area contributed by atoms with Crippen LogP contribution in [0.1, 0.15) is 116 Å². The molecule has 2 atom stereocenters. The summed E-state index contributed by atoms with van der Waals surface area (Å²) >= 11 is 0. The number of carboxylic acid groups (broad SMARTS) is 1. The molecule has 7 N–H and O–H groups in total. The standard InChI is InChI=1S/C32H41N7O4.C30H37N7O4.2ClH/c1-3-25-29(34-19-27(31(40)42-4-2)38-32(41)43-20-22-9-6-5-7-10-22)35-21-36-30(25)39-17-14-23(15-18-39)26-13-12-24-11-8-16-33-28(24)37-26;1-2-23-27(32-17-25(29(38)39)36-30(40)41-18-20-7-4-3-5-8-20)33-19-34-28(23)37-15-12-21(13-16-37)24-11-10-22-9-6-14-31-26(22)35-24;;/h5-7,9-10,12-13,21,23,27H,3-4,8,11,14-20H2,1-2H3,(H,33,37)(H,38,41)(H,34,35,36);3-5,7-8,10-11,19,21,25H,2,6,9,12-18H2,1H3,(H,31,35)(H,36,40)(H,38,39)(H,32,33,34);2*1H/t27-;25-;;/m00../s1. The van der Waals surface area contributed by atoms with E-state index in [0.717, 1.165) is 148 Å². The van der Waals surface area contributed by atoms with E-state index in [1.807, 2.05) is 67.6 Å². The number of aliphatic carboxylic acids is 1.